The molecule has 30 heavy (non-hydrogen) atoms. The van der Waals surface area contributed by atoms with Crippen LogP contribution in [0.15, 0.2) is 39.0 Å². The minimum absolute atomic E-state index is 0.166. The number of aromatic nitrogens is 3. The van der Waals surface area contributed by atoms with E-state index >= 15 is 0 Å². The van der Waals surface area contributed by atoms with Gasteiger partial charge in [0, 0.05) is 14.1 Å². The molecule has 1 aromatic carbocycles. The average Bonchev–Trinajstić information content (AvgIpc) is 2.75. The molecule has 0 aliphatic rings. The summed E-state index contributed by atoms with van der Waals surface area (Å²) < 4.78 is 12.6. The standard InChI is InChI=1S/C20H21N5O5/c1-11-13(9-14-17(22-11)24(2)20(28)25(3)19(14)27)18(26)23-21-10-12-6-7-15(29-4)16(8-12)30-5/h6-10H,1-5H3,(H,23,26)/b21-10-. The third-order valence-corrected chi connectivity index (χ3v) is 4.65. The predicted molar refractivity (Wildman–Crippen MR) is 112 cm³/mol. The van der Waals surface area contributed by atoms with E-state index in [1.165, 1.54) is 45.2 Å². The van der Waals surface area contributed by atoms with Crippen LogP contribution in [0.3, 0.4) is 0 Å². The summed E-state index contributed by atoms with van der Waals surface area (Å²) in [5.41, 5.74) is 2.85. The van der Waals surface area contributed by atoms with Crippen molar-refractivity contribution in [1.29, 1.82) is 0 Å². The van der Waals surface area contributed by atoms with Gasteiger partial charge in [0.15, 0.2) is 11.5 Å². The van der Waals surface area contributed by atoms with E-state index in [0.717, 1.165) is 4.57 Å². The number of nitrogens with zero attached hydrogens (tertiary/aromatic N) is 4. The molecular formula is C20H21N5O5. The van der Waals surface area contributed by atoms with Crippen molar-refractivity contribution in [2.24, 2.45) is 19.2 Å². The Morgan fingerprint density at radius 2 is 1.80 bits per heavy atom. The zero-order chi connectivity index (χ0) is 22.0. The van der Waals surface area contributed by atoms with Crippen LogP contribution < -0.4 is 26.1 Å². The molecule has 156 valence electrons. The van der Waals surface area contributed by atoms with Gasteiger partial charge in [-0.25, -0.2) is 15.2 Å². The Bertz CT molecular complexity index is 1290. The van der Waals surface area contributed by atoms with Crippen LogP contribution in [0.2, 0.25) is 0 Å². The molecule has 1 amide bonds. The molecule has 0 fully saturated rings. The average molecular weight is 411 g/mol. The lowest BCUT2D eigenvalue weighted by atomic mass is 10.1. The van der Waals surface area contributed by atoms with Gasteiger partial charge in [-0.15, -0.1) is 0 Å². The summed E-state index contributed by atoms with van der Waals surface area (Å²) >= 11 is 0. The summed E-state index contributed by atoms with van der Waals surface area (Å²) in [6, 6.07) is 6.60. The van der Waals surface area contributed by atoms with Crippen molar-refractivity contribution < 1.29 is 14.3 Å². The quantitative estimate of drug-likeness (QED) is 0.488. The van der Waals surface area contributed by atoms with Crippen molar-refractivity contribution in [3.63, 3.8) is 0 Å². The molecule has 10 nitrogen and oxygen atoms in total. The number of nitrogens with one attached hydrogen (secondary N) is 1. The Balaban J connectivity index is 1.90. The largest absolute Gasteiger partial charge is 0.493 e. The fourth-order valence-corrected chi connectivity index (χ4v) is 2.98. The molecule has 2 heterocycles. The van der Waals surface area contributed by atoms with Gasteiger partial charge in [0.1, 0.15) is 5.65 Å². The second kappa shape index (κ2) is 8.19. The molecule has 0 atom stereocenters. The van der Waals surface area contributed by atoms with Gasteiger partial charge in [-0.2, -0.15) is 5.10 Å². The number of hydrogen-bond donors (Lipinski definition) is 1. The molecule has 3 aromatic rings. The Kier molecular flexibility index (Phi) is 5.67. The topological polar surface area (TPSA) is 117 Å². The number of amides is 1. The molecule has 3 rings (SSSR count). The van der Waals surface area contributed by atoms with Crippen LogP contribution in [-0.2, 0) is 14.1 Å². The van der Waals surface area contributed by atoms with Crippen molar-refractivity contribution in [3.05, 3.63) is 61.9 Å². The minimum Gasteiger partial charge on any atom is -0.493 e. The number of carbonyl (C=O) groups excluding carboxylic acids is 1. The zero-order valence-corrected chi connectivity index (χ0v) is 17.2. The molecule has 0 unspecified atom stereocenters. The number of hydrogen-bond acceptors (Lipinski definition) is 7. The Morgan fingerprint density at radius 3 is 2.47 bits per heavy atom. The smallest absolute Gasteiger partial charge is 0.332 e. The lowest BCUT2D eigenvalue weighted by Crippen LogP contribution is -2.37. The van der Waals surface area contributed by atoms with Gasteiger partial charge in [-0.1, -0.05) is 0 Å². The van der Waals surface area contributed by atoms with Crippen molar-refractivity contribution in [2.45, 2.75) is 6.92 Å². The van der Waals surface area contributed by atoms with E-state index in [2.05, 4.69) is 15.5 Å². The maximum Gasteiger partial charge on any atom is 0.332 e. The summed E-state index contributed by atoms with van der Waals surface area (Å²) in [6.07, 6.45) is 1.45. The molecule has 0 saturated heterocycles. The lowest BCUT2D eigenvalue weighted by Gasteiger charge is -2.10. The highest BCUT2D eigenvalue weighted by atomic mass is 16.5. The summed E-state index contributed by atoms with van der Waals surface area (Å²) in [5, 5.41) is 4.12. The Hall–Kier alpha value is -3.95. The number of carbonyl (C=O) groups is 1. The van der Waals surface area contributed by atoms with Crippen LogP contribution in [0.25, 0.3) is 11.0 Å². The maximum atomic E-state index is 12.6. The number of ether oxygens (including phenoxy) is 2. The van der Waals surface area contributed by atoms with Crippen molar-refractivity contribution in [2.75, 3.05) is 14.2 Å². The van der Waals surface area contributed by atoms with Crippen LogP contribution in [0.4, 0.5) is 0 Å². The summed E-state index contributed by atoms with van der Waals surface area (Å²) in [7, 11) is 5.95. The van der Waals surface area contributed by atoms with Crippen LogP contribution in [0.1, 0.15) is 21.6 Å². The molecule has 2 aromatic heterocycles. The van der Waals surface area contributed by atoms with E-state index in [1.54, 1.807) is 25.1 Å². The molecule has 0 spiro atoms. The molecule has 10 heteroatoms. The van der Waals surface area contributed by atoms with Crippen LogP contribution in [-0.4, -0.2) is 40.5 Å². The number of benzene rings is 1. The first kappa shape index (κ1) is 20.8. The van der Waals surface area contributed by atoms with Gasteiger partial charge in [0.2, 0.25) is 0 Å². The first-order valence-corrected chi connectivity index (χ1v) is 8.91. The van der Waals surface area contributed by atoms with Crippen molar-refractivity contribution >= 4 is 23.2 Å². The van der Waals surface area contributed by atoms with Gasteiger partial charge in [0.05, 0.1) is 37.1 Å². The molecule has 1 N–H and O–H groups in total. The van der Waals surface area contributed by atoms with E-state index in [4.69, 9.17) is 9.47 Å². The van der Waals surface area contributed by atoms with E-state index in [9.17, 15) is 14.4 Å². The highest BCUT2D eigenvalue weighted by molar-refractivity contribution is 5.98. The number of rotatable bonds is 5. The first-order chi connectivity index (χ1) is 14.3. The molecule has 0 aliphatic carbocycles. The molecule has 0 saturated carbocycles. The number of pyridine rings is 1. The zero-order valence-electron chi connectivity index (χ0n) is 17.2. The predicted octanol–water partition coefficient (Wildman–Crippen LogP) is 0.722. The number of aryl methyl sites for hydroxylation is 2. The van der Waals surface area contributed by atoms with Crippen LogP contribution >= 0.6 is 0 Å². The van der Waals surface area contributed by atoms with Crippen molar-refractivity contribution in [3.8, 4) is 11.5 Å². The Morgan fingerprint density at radius 1 is 1.10 bits per heavy atom. The van der Waals surface area contributed by atoms with E-state index in [1.807, 2.05) is 0 Å². The fourth-order valence-electron chi connectivity index (χ4n) is 2.98. The second-order valence-electron chi connectivity index (χ2n) is 6.51. The molecule has 0 radical (unpaired) electrons. The van der Waals surface area contributed by atoms with Crippen LogP contribution in [0.5, 0.6) is 11.5 Å². The molecular weight excluding hydrogens is 390 g/mol. The first-order valence-electron chi connectivity index (χ1n) is 8.91. The monoisotopic (exact) mass is 411 g/mol. The van der Waals surface area contributed by atoms with E-state index < -0.39 is 17.2 Å². The third kappa shape index (κ3) is 3.66. The fraction of sp³-hybridized carbons (Fsp3) is 0.250. The van der Waals surface area contributed by atoms with Gasteiger partial charge >= 0.3 is 5.69 Å². The minimum atomic E-state index is -0.533. The third-order valence-electron chi connectivity index (χ3n) is 4.65. The summed E-state index contributed by atoms with van der Waals surface area (Å²) in [5.74, 6) is 0.575. The highest BCUT2D eigenvalue weighted by Crippen LogP contribution is 2.26. The van der Waals surface area contributed by atoms with Gasteiger partial charge < -0.3 is 9.47 Å². The maximum absolute atomic E-state index is 12.6. The molecule has 0 bridgehead atoms. The number of methoxy groups -OCH3 is 2. The number of hydrazone groups is 1. The van der Waals surface area contributed by atoms with Crippen molar-refractivity contribution in [1.82, 2.24) is 19.5 Å². The van der Waals surface area contributed by atoms with Gasteiger partial charge in [-0.05, 0) is 36.8 Å². The lowest BCUT2D eigenvalue weighted by molar-refractivity contribution is 0.0954. The van der Waals surface area contributed by atoms with Crippen LogP contribution in [0, 0.1) is 6.92 Å². The van der Waals surface area contributed by atoms with E-state index in [-0.39, 0.29) is 16.6 Å². The van der Waals surface area contributed by atoms with E-state index in [0.29, 0.717) is 22.8 Å². The van der Waals surface area contributed by atoms with Gasteiger partial charge in [-0.3, -0.25) is 18.7 Å². The summed E-state index contributed by atoms with van der Waals surface area (Å²) in [6.45, 7) is 1.62. The Labute approximate surface area is 171 Å². The summed E-state index contributed by atoms with van der Waals surface area (Å²) in [4.78, 5) is 41.3. The second-order valence-corrected chi connectivity index (χ2v) is 6.51. The van der Waals surface area contributed by atoms with Gasteiger partial charge in [0.25, 0.3) is 11.5 Å². The highest BCUT2D eigenvalue weighted by Gasteiger charge is 2.16. The SMILES string of the molecule is COc1ccc(/C=N\NC(=O)c2cc3c(=O)n(C)c(=O)n(C)c3nc2C)cc1OC. The normalized spacial score (nSPS) is 11.1. The molecule has 0 aliphatic heterocycles. The number of fused-ring (bicyclic) bond motifs is 1.